The van der Waals surface area contributed by atoms with Crippen LogP contribution < -0.4 is 5.56 Å². The molecule has 1 aliphatic heterocycles. The third-order valence-corrected chi connectivity index (χ3v) is 6.94. The molecule has 1 fully saturated rings. The maximum absolute atomic E-state index is 13.3. The van der Waals surface area contributed by atoms with Gasteiger partial charge in [0.25, 0.3) is 5.56 Å². The number of piperazine rings is 1. The van der Waals surface area contributed by atoms with Gasteiger partial charge < -0.3 is 9.47 Å². The highest BCUT2D eigenvalue weighted by Gasteiger charge is 2.35. The summed E-state index contributed by atoms with van der Waals surface area (Å²) in [7, 11) is -3.97. The van der Waals surface area contributed by atoms with Crippen LogP contribution >= 0.6 is 11.6 Å². The second-order valence-corrected chi connectivity index (χ2v) is 9.06. The molecule has 2 aromatic rings. The number of hydrogen-bond donors (Lipinski definition) is 0. The van der Waals surface area contributed by atoms with Crippen molar-refractivity contribution in [3.8, 4) is 0 Å². The zero-order valence-electron chi connectivity index (χ0n) is 15.8. The van der Waals surface area contributed by atoms with Crippen molar-refractivity contribution in [2.45, 2.75) is 17.6 Å². The van der Waals surface area contributed by atoms with Crippen LogP contribution in [0.25, 0.3) is 0 Å². The molecular formula is C18H16ClF4N3O4S. The van der Waals surface area contributed by atoms with Crippen molar-refractivity contribution < 1.29 is 30.8 Å². The number of amides is 1. The Labute approximate surface area is 179 Å². The number of carbonyl (C=O) groups excluding carboxylic acids is 1. The van der Waals surface area contributed by atoms with Crippen molar-refractivity contribution in [1.82, 2.24) is 13.8 Å². The van der Waals surface area contributed by atoms with Gasteiger partial charge in [-0.3, -0.25) is 9.59 Å². The summed E-state index contributed by atoms with van der Waals surface area (Å²) >= 11 is 5.64. The minimum atomic E-state index is -4.84. The number of halogens is 5. The Hall–Kier alpha value is -2.44. The summed E-state index contributed by atoms with van der Waals surface area (Å²) < 4.78 is 79.0. The highest BCUT2D eigenvalue weighted by molar-refractivity contribution is 7.89. The van der Waals surface area contributed by atoms with Gasteiger partial charge in [0.2, 0.25) is 15.9 Å². The third-order valence-electron chi connectivity index (χ3n) is 4.75. The van der Waals surface area contributed by atoms with E-state index in [4.69, 9.17) is 11.6 Å². The maximum atomic E-state index is 13.3. The number of nitrogens with zero attached hydrogens (tertiary/aromatic N) is 3. The highest BCUT2D eigenvalue weighted by Crippen LogP contribution is 2.26. The molecule has 0 unspecified atom stereocenters. The van der Waals surface area contributed by atoms with Crippen LogP contribution in [0, 0.1) is 5.82 Å². The van der Waals surface area contributed by atoms with Crippen LogP contribution in [0.3, 0.4) is 0 Å². The molecule has 0 spiro atoms. The second-order valence-electron chi connectivity index (χ2n) is 6.71. The Kier molecular flexibility index (Phi) is 6.44. The molecule has 1 aliphatic rings. The van der Waals surface area contributed by atoms with E-state index in [1.165, 1.54) is 4.90 Å². The summed E-state index contributed by atoms with van der Waals surface area (Å²) in [6.07, 6.45) is -3.76. The standard InChI is InChI=1S/C18H16ClF4N3O4S/c19-14-10-12(3-4-15(14)20)31(29,30)26-8-6-24(7-9-26)16(27)11-25-5-1-2-13(17(25)28)18(21,22)23/h1-5,10H,6-9,11H2. The topological polar surface area (TPSA) is 79.7 Å². The van der Waals surface area contributed by atoms with Crippen LogP contribution in [0.2, 0.25) is 5.02 Å². The van der Waals surface area contributed by atoms with Gasteiger partial charge in [0.15, 0.2) is 0 Å². The number of rotatable bonds is 4. The van der Waals surface area contributed by atoms with Crippen molar-refractivity contribution in [3.63, 3.8) is 0 Å². The van der Waals surface area contributed by atoms with E-state index in [-0.39, 0.29) is 36.1 Å². The molecule has 0 bridgehead atoms. The number of benzene rings is 1. The molecular weight excluding hydrogens is 466 g/mol. The number of pyridine rings is 1. The third kappa shape index (κ3) is 4.91. The first kappa shape index (κ1) is 23.2. The molecule has 1 aromatic carbocycles. The SMILES string of the molecule is O=C(Cn1cccc(C(F)(F)F)c1=O)N1CCN(S(=O)(=O)c2ccc(F)c(Cl)c2)CC1. The molecule has 0 atom stereocenters. The van der Waals surface area contributed by atoms with E-state index in [1.54, 1.807) is 0 Å². The summed E-state index contributed by atoms with van der Waals surface area (Å²) in [5.74, 6) is -1.39. The van der Waals surface area contributed by atoms with E-state index in [9.17, 15) is 35.6 Å². The van der Waals surface area contributed by atoms with Gasteiger partial charge in [-0.15, -0.1) is 0 Å². The van der Waals surface area contributed by atoms with Gasteiger partial charge in [0.05, 0.1) is 9.92 Å². The van der Waals surface area contributed by atoms with E-state index >= 15 is 0 Å². The maximum Gasteiger partial charge on any atom is 0.421 e. The summed E-state index contributed by atoms with van der Waals surface area (Å²) in [6, 6.07) is 4.66. The Balaban J connectivity index is 1.68. The van der Waals surface area contributed by atoms with Crippen LogP contribution in [-0.4, -0.2) is 54.3 Å². The zero-order valence-corrected chi connectivity index (χ0v) is 17.3. The van der Waals surface area contributed by atoms with Crippen molar-refractivity contribution in [1.29, 1.82) is 0 Å². The normalized spacial score (nSPS) is 15.8. The average Bonchev–Trinajstić information content (AvgIpc) is 2.70. The Morgan fingerprint density at radius 1 is 1.10 bits per heavy atom. The van der Waals surface area contributed by atoms with Crippen molar-refractivity contribution >= 4 is 27.5 Å². The smallest absolute Gasteiger partial charge is 0.339 e. The quantitative estimate of drug-likeness (QED) is 0.627. The van der Waals surface area contributed by atoms with E-state index in [1.807, 2.05) is 0 Å². The molecule has 0 aliphatic carbocycles. The first-order valence-corrected chi connectivity index (χ1v) is 10.7. The summed E-state index contributed by atoms with van der Waals surface area (Å²) in [5.41, 5.74) is -2.71. The van der Waals surface area contributed by atoms with Gasteiger partial charge in [-0.1, -0.05) is 11.6 Å². The monoisotopic (exact) mass is 481 g/mol. The van der Waals surface area contributed by atoms with Crippen molar-refractivity contribution in [3.05, 3.63) is 63.3 Å². The Bertz CT molecular complexity index is 1160. The van der Waals surface area contributed by atoms with Crippen LogP contribution in [0.15, 0.2) is 46.2 Å². The summed E-state index contributed by atoms with van der Waals surface area (Å²) in [4.78, 5) is 25.5. The van der Waals surface area contributed by atoms with E-state index < -0.39 is 45.6 Å². The summed E-state index contributed by atoms with van der Waals surface area (Å²) in [5, 5.41) is -0.346. The Morgan fingerprint density at radius 3 is 2.32 bits per heavy atom. The largest absolute Gasteiger partial charge is 0.421 e. The molecule has 2 heterocycles. The zero-order chi connectivity index (χ0) is 23.0. The van der Waals surface area contributed by atoms with Crippen LogP contribution in [0.1, 0.15) is 5.56 Å². The lowest BCUT2D eigenvalue weighted by molar-refractivity contribution is -0.139. The van der Waals surface area contributed by atoms with Crippen LogP contribution in [0.5, 0.6) is 0 Å². The van der Waals surface area contributed by atoms with Gasteiger partial charge >= 0.3 is 6.18 Å². The fourth-order valence-electron chi connectivity index (χ4n) is 3.09. The van der Waals surface area contributed by atoms with Gasteiger partial charge in [0.1, 0.15) is 17.9 Å². The van der Waals surface area contributed by atoms with Crippen molar-refractivity contribution in [2.24, 2.45) is 0 Å². The van der Waals surface area contributed by atoms with Gasteiger partial charge in [-0.05, 0) is 30.3 Å². The fraction of sp³-hybridized carbons (Fsp3) is 0.333. The predicted molar refractivity (Wildman–Crippen MR) is 102 cm³/mol. The fourth-order valence-corrected chi connectivity index (χ4v) is 4.78. The molecule has 1 amide bonds. The van der Waals surface area contributed by atoms with E-state index in [0.717, 1.165) is 34.8 Å². The minimum absolute atomic E-state index is 0.0271. The predicted octanol–water partition coefficient (Wildman–Crippen LogP) is 2.19. The molecule has 1 saturated heterocycles. The average molecular weight is 482 g/mol. The number of alkyl halides is 3. The summed E-state index contributed by atoms with van der Waals surface area (Å²) in [6.45, 7) is -0.828. The first-order chi connectivity index (χ1) is 14.4. The van der Waals surface area contributed by atoms with E-state index in [2.05, 4.69) is 0 Å². The molecule has 31 heavy (non-hydrogen) atoms. The van der Waals surface area contributed by atoms with Gasteiger partial charge in [-0.25, -0.2) is 12.8 Å². The number of carbonyl (C=O) groups is 1. The van der Waals surface area contributed by atoms with Crippen LogP contribution in [-0.2, 0) is 27.5 Å². The van der Waals surface area contributed by atoms with E-state index in [0.29, 0.717) is 10.6 Å². The molecule has 0 radical (unpaired) electrons. The number of aromatic nitrogens is 1. The number of sulfonamides is 1. The minimum Gasteiger partial charge on any atom is -0.339 e. The molecule has 7 nitrogen and oxygen atoms in total. The molecule has 13 heteroatoms. The number of hydrogen-bond acceptors (Lipinski definition) is 4. The molecule has 0 saturated carbocycles. The Morgan fingerprint density at radius 2 is 1.74 bits per heavy atom. The lowest BCUT2D eigenvalue weighted by Crippen LogP contribution is -2.51. The molecule has 0 N–H and O–H groups in total. The molecule has 1 aromatic heterocycles. The van der Waals surface area contributed by atoms with Gasteiger partial charge in [0, 0.05) is 32.4 Å². The highest BCUT2D eigenvalue weighted by atomic mass is 35.5. The lowest BCUT2D eigenvalue weighted by Gasteiger charge is -2.34. The molecule has 3 rings (SSSR count). The lowest BCUT2D eigenvalue weighted by atomic mass is 10.2. The first-order valence-electron chi connectivity index (χ1n) is 8.91. The van der Waals surface area contributed by atoms with Crippen molar-refractivity contribution in [2.75, 3.05) is 26.2 Å². The molecule has 168 valence electrons. The van der Waals surface area contributed by atoms with Crippen LogP contribution in [0.4, 0.5) is 17.6 Å². The second kappa shape index (κ2) is 8.60. The van der Waals surface area contributed by atoms with Gasteiger partial charge in [-0.2, -0.15) is 17.5 Å².